The van der Waals surface area contributed by atoms with Crippen LogP contribution in [0.2, 0.25) is 0 Å². The van der Waals surface area contributed by atoms with Crippen molar-refractivity contribution in [3.8, 4) is 5.75 Å². The van der Waals surface area contributed by atoms with Gasteiger partial charge in [0.2, 0.25) is 0 Å². The van der Waals surface area contributed by atoms with E-state index in [-0.39, 0.29) is 5.69 Å². The van der Waals surface area contributed by atoms with Crippen molar-refractivity contribution in [2.24, 2.45) is 0 Å². The number of aryl methyl sites for hydroxylation is 1. The van der Waals surface area contributed by atoms with E-state index in [0.717, 1.165) is 5.56 Å². The average Bonchev–Trinajstić information content (AvgIpc) is 2.35. The number of nitrogens with one attached hydrogen (secondary N) is 1. The third-order valence-corrected chi connectivity index (χ3v) is 2.31. The normalized spacial score (nSPS) is 9.89. The smallest absolute Gasteiger partial charge is 0.410 e. The monoisotopic (exact) mass is 245 g/mol. The highest BCUT2D eigenvalue weighted by Crippen LogP contribution is 2.16. The molecule has 0 saturated heterocycles. The first-order chi connectivity index (χ1) is 8.65. The third-order valence-electron chi connectivity index (χ3n) is 2.31. The number of carbonyl (C=O) groups excluding carboxylic acids is 1. The molecule has 0 aromatic heterocycles. The van der Waals surface area contributed by atoms with E-state index in [9.17, 15) is 9.18 Å². The highest BCUT2D eigenvalue weighted by atomic mass is 19.1. The van der Waals surface area contributed by atoms with Crippen molar-refractivity contribution in [1.29, 1.82) is 0 Å². The van der Waals surface area contributed by atoms with E-state index < -0.39 is 11.9 Å². The summed E-state index contributed by atoms with van der Waals surface area (Å²) < 4.78 is 18.4. The molecule has 2 rings (SSSR count). The minimum atomic E-state index is -0.717. The van der Waals surface area contributed by atoms with Crippen molar-refractivity contribution in [3.05, 3.63) is 59.9 Å². The summed E-state index contributed by atoms with van der Waals surface area (Å²) in [5.74, 6) is -0.0892. The number of ether oxygens (including phenoxy) is 1. The molecule has 0 heterocycles. The predicted molar refractivity (Wildman–Crippen MR) is 67.2 cm³/mol. The van der Waals surface area contributed by atoms with Gasteiger partial charge in [-0.05, 0) is 36.8 Å². The van der Waals surface area contributed by atoms with Crippen molar-refractivity contribution >= 4 is 11.8 Å². The Morgan fingerprint density at radius 1 is 1.17 bits per heavy atom. The fourth-order valence-corrected chi connectivity index (χ4v) is 1.47. The zero-order valence-electron chi connectivity index (χ0n) is 9.81. The Hall–Kier alpha value is -2.36. The molecule has 0 saturated carbocycles. The van der Waals surface area contributed by atoms with Crippen LogP contribution in [0.5, 0.6) is 5.75 Å². The van der Waals surface area contributed by atoms with Crippen molar-refractivity contribution in [3.63, 3.8) is 0 Å². The highest BCUT2D eigenvalue weighted by Gasteiger charge is 2.08. The van der Waals surface area contributed by atoms with Crippen molar-refractivity contribution < 1.29 is 13.9 Å². The fourth-order valence-electron chi connectivity index (χ4n) is 1.47. The van der Waals surface area contributed by atoms with E-state index in [4.69, 9.17) is 4.74 Å². The molecule has 0 radical (unpaired) electrons. The summed E-state index contributed by atoms with van der Waals surface area (Å²) in [6.45, 7) is 1.81. The number of hydrogen-bond donors (Lipinski definition) is 1. The molecule has 2 aromatic rings. The first-order valence-electron chi connectivity index (χ1n) is 5.45. The summed E-state index contributed by atoms with van der Waals surface area (Å²) in [7, 11) is 0. The van der Waals surface area contributed by atoms with Crippen LogP contribution in [-0.2, 0) is 0 Å². The van der Waals surface area contributed by atoms with Crippen LogP contribution in [0, 0.1) is 12.7 Å². The average molecular weight is 245 g/mol. The second-order valence-corrected chi connectivity index (χ2v) is 3.81. The van der Waals surface area contributed by atoms with Gasteiger partial charge >= 0.3 is 6.09 Å². The number of carbonyl (C=O) groups is 1. The highest BCUT2D eigenvalue weighted by molar-refractivity contribution is 5.86. The summed E-state index contributed by atoms with van der Waals surface area (Å²) >= 11 is 0. The number of anilines is 1. The van der Waals surface area contributed by atoms with Crippen LogP contribution >= 0.6 is 0 Å². The molecule has 0 aliphatic rings. The summed E-state index contributed by atoms with van der Waals surface area (Å²) in [5, 5.41) is 2.36. The summed E-state index contributed by atoms with van der Waals surface area (Å²) in [5.41, 5.74) is 0.961. The van der Waals surface area contributed by atoms with Gasteiger partial charge in [-0.3, -0.25) is 5.32 Å². The Morgan fingerprint density at radius 3 is 2.61 bits per heavy atom. The number of amides is 1. The Bertz CT molecular complexity index is 555. The fraction of sp³-hybridized carbons (Fsp3) is 0.0714. The molecule has 92 valence electrons. The molecular weight excluding hydrogens is 233 g/mol. The van der Waals surface area contributed by atoms with Crippen molar-refractivity contribution in [2.45, 2.75) is 6.92 Å². The molecule has 18 heavy (non-hydrogen) atoms. The second-order valence-electron chi connectivity index (χ2n) is 3.81. The zero-order valence-corrected chi connectivity index (χ0v) is 9.81. The van der Waals surface area contributed by atoms with Crippen LogP contribution in [0.1, 0.15) is 5.56 Å². The van der Waals surface area contributed by atoms with Gasteiger partial charge in [0.05, 0.1) is 5.69 Å². The quantitative estimate of drug-likeness (QED) is 0.875. The van der Waals surface area contributed by atoms with E-state index in [0.29, 0.717) is 5.75 Å². The Labute approximate surface area is 104 Å². The third kappa shape index (κ3) is 3.07. The lowest BCUT2D eigenvalue weighted by Gasteiger charge is -2.07. The molecular formula is C14H12FNO2. The van der Waals surface area contributed by atoms with Gasteiger partial charge in [-0.15, -0.1) is 0 Å². The van der Waals surface area contributed by atoms with Crippen LogP contribution in [0.4, 0.5) is 14.9 Å². The molecule has 0 unspecified atom stereocenters. The van der Waals surface area contributed by atoms with Crippen LogP contribution in [0.3, 0.4) is 0 Å². The molecule has 0 aliphatic heterocycles. The Balaban J connectivity index is 2.05. The van der Waals surface area contributed by atoms with Crippen LogP contribution in [0.15, 0.2) is 48.5 Å². The second kappa shape index (κ2) is 5.31. The maximum absolute atomic E-state index is 13.4. The summed E-state index contributed by atoms with van der Waals surface area (Å²) in [4.78, 5) is 11.5. The summed E-state index contributed by atoms with van der Waals surface area (Å²) in [6.07, 6.45) is -0.717. The number of benzene rings is 2. The first kappa shape index (κ1) is 12.1. The minimum absolute atomic E-state index is 0.107. The standard InChI is InChI=1S/C14H12FNO2/c1-10-7-8-12(15)13(9-10)16-14(17)18-11-5-3-2-4-6-11/h2-9H,1H3,(H,16,17). The van der Waals surface area contributed by atoms with E-state index in [1.807, 2.05) is 13.0 Å². The molecule has 0 spiro atoms. The van der Waals surface area contributed by atoms with Crippen LogP contribution in [0.25, 0.3) is 0 Å². The molecule has 2 aromatic carbocycles. The van der Waals surface area contributed by atoms with Gasteiger partial charge in [-0.2, -0.15) is 0 Å². The van der Waals surface area contributed by atoms with Crippen LogP contribution < -0.4 is 10.1 Å². The van der Waals surface area contributed by atoms with Crippen LogP contribution in [-0.4, -0.2) is 6.09 Å². The lowest BCUT2D eigenvalue weighted by atomic mass is 10.2. The molecule has 1 amide bonds. The zero-order chi connectivity index (χ0) is 13.0. The number of hydrogen-bond acceptors (Lipinski definition) is 2. The summed E-state index contributed by atoms with van der Waals surface area (Å²) in [6, 6.07) is 13.1. The predicted octanol–water partition coefficient (Wildman–Crippen LogP) is 3.75. The lowest BCUT2D eigenvalue weighted by molar-refractivity contribution is 0.215. The molecule has 0 aliphatic carbocycles. The van der Waals surface area contributed by atoms with Gasteiger partial charge < -0.3 is 4.74 Å². The van der Waals surface area contributed by atoms with Gasteiger partial charge in [0.1, 0.15) is 11.6 Å². The van der Waals surface area contributed by atoms with Gasteiger partial charge in [-0.25, -0.2) is 9.18 Å². The first-order valence-corrected chi connectivity index (χ1v) is 5.45. The molecule has 0 atom stereocenters. The van der Waals surface area contributed by atoms with Gasteiger partial charge in [0, 0.05) is 0 Å². The minimum Gasteiger partial charge on any atom is -0.410 e. The van der Waals surface area contributed by atoms with Gasteiger partial charge in [0.15, 0.2) is 0 Å². The van der Waals surface area contributed by atoms with E-state index in [2.05, 4.69) is 5.32 Å². The number of rotatable bonds is 2. The Kier molecular flexibility index (Phi) is 3.57. The number of para-hydroxylation sites is 1. The lowest BCUT2D eigenvalue weighted by Crippen LogP contribution is -2.17. The molecule has 3 nitrogen and oxygen atoms in total. The SMILES string of the molecule is Cc1ccc(F)c(NC(=O)Oc2ccccc2)c1. The maximum Gasteiger partial charge on any atom is 0.417 e. The number of halogens is 1. The molecule has 0 fully saturated rings. The van der Waals surface area contributed by atoms with Gasteiger partial charge in [0.25, 0.3) is 0 Å². The van der Waals surface area contributed by atoms with Crippen molar-refractivity contribution in [2.75, 3.05) is 5.32 Å². The van der Waals surface area contributed by atoms with E-state index >= 15 is 0 Å². The molecule has 0 bridgehead atoms. The van der Waals surface area contributed by atoms with E-state index in [1.165, 1.54) is 6.07 Å². The van der Waals surface area contributed by atoms with Gasteiger partial charge in [-0.1, -0.05) is 24.3 Å². The van der Waals surface area contributed by atoms with E-state index in [1.54, 1.807) is 36.4 Å². The Morgan fingerprint density at radius 2 is 1.89 bits per heavy atom. The van der Waals surface area contributed by atoms with Crippen molar-refractivity contribution in [1.82, 2.24) is 0 Å². The molecule has 4 heteroatoms. The topological polar surface area (TPSA) is 38.3 Å². The maximum atomic E-state index is 13.4. The molecule has 1 N–H and O–H groups in total. The largest absolute Gasteiger partial charge is 0.417 e.